The Bertz CT molecular complexity index is 360. The monoisotopic (exact) mass is 251 g/mol. The van der Waals surface area contributed by atoms with Crippen LogP contribution >= 0.6 is 0 Å². The quantitative estimate of drug-likeness (QED) is 0.720. The highest BCUT2D eigenvalue weighted by atomic mass is 16.5. The molecule has 0 unspecified atom stereocenters. The van der Waals surface area contributed by atoms with E-state index in [2.05, 4.69) is 20.8 Å². The molecule has 0 N–H and O–H groups in total. The van der Waals surface area contributed by atoms with Gasteiger partial charge in [-0.15, -0.1) is 0 Å². The van der Waals surface area contributed by atoms with Crippen LogP contribution in [0.2, 0.25) is 0 Å². The summed E-state index contributed by atoms with van der Waals surface area (Å²) in [5.41, 5.74) is 1.68. The first-order chi connectivity index (χ1) is 8.50. The summed E-state index contributed by atoms with van der Waals surface area (Å²) in [7, 11) is 0. The van der Waals surface area contributed by atoms with Crippen LogP contribution in [-0.2, 0) is 9.53 Å². The number of hydrogen-bond donors (Lipinski definition) is 0. The highest BCUT2D eigenvalue weighted by Crippen LogP contribution is 2.59. The van der Waals surface area contributed by atoms with E-state index in [1.54, 1.807) is 0 Å². The molecule has 0 radical (unpaired) electrons. The average molecular weight is 251 g/mol. The Labute approximate surface area is 110 Å². The number of rotatable bonds is 4. The average Bonchev–Trinajstić information content (AvgIpc) is 2.31. The predicted molar refractivity (Wildman–Crippen MR) is 72.7 cm³/mol. The van der Waals surface area contributed by atoms with Crippen molar-refractivity contribution in [2.24, 2.45) is 28.2 Å². The molecule has 0 heterocycles. The van der Waals surface area contributed by atoms with Crippen LogP contribution in [0.1, 0.15) is 47.0 Å². The van der Waals surface area contributed by atoms with E-state index in [9.17, 15) is 4.79 Å². The molecule has 0 spiro atoms. The molecule has 0 aliphatic heterocycles. The lowest BCUT2D eigenvalue weighted by molar-refractivity contribution is -0.144. The Morgan fingerprint density at radius 1 is 1.39 bits per heavy atom. The number of ether oxygens (including phenoxy) is 1. The molecular weight excluding hydrogens is 226 g/mol. The Balaban J connectivity index is 2.08. The smallest absolute Gasteiger partial charge is 0.306 e. The summed E-state index contributed by atoms with van der Waals surface area (Å²) in [5, 5.41) is 0. The van der Waals surface area contributed by atoms with Gasteiger partial charge in [0.25, 0.3) is 0 Å². The van der Waals surface area contributed by atoms with Gasteiger partial charge in [-0.1, -0.05) is 13.8 Å². The van der Waals surface area contributed by atoms with Crippen molar-refractivity contribution in [3.05, 3.63) is 0 Å². The van der Waals surface area contributed by atoms with Gasteiger partial charge in [-0.05, 0) is 38.0 Å². The van der Waals surface area contributed by atoms with Crippen molar-refractivity contribution < 1.29 is 9.53 Å². The normalized spacial score (nSPS) is 35.1. The van der Waals surface area contributed by atoms with E-state index in [4.69, 9.17) is 9.73 Å². The molecule has 0 aromatic carbocycles. The largest absolute Gasteiger partial charge is 0.466 e. The molecule has 0 aromatic heterocycles. The summed E-state index contributed by atoms with van der Waals surface area (Å²) in [4.78, 5) is 16.4. The third-order valence-corrected chi connectivity index (χ3v) is 4.87. The highest BCUT2D eigenvalue weighted by molar-refractivity contribution is 5.94. The zero-order chi connectivity index (χ0) is 13.3. The second kappa shape index (κ2) is 5.02. The zero-order valence-corrected chi connectivity index (χ0v) is 12.0. The molecular formula is C15H25NO2. The van der Waals surface area contributed by atoms with Crippen molar-refractivity contribution in [3.63, 3.8) is 0 Å². The molecule has 3 saturated carbocycles. The first kappa shape index (κ1) is 13.6. The number of esters is 1. The van der Waals surface area contributed by atoms with Gasteiger partial charge in [0.05, 0.1) is 13.0 Å². The van der Waals surface area contributed by atoms with Crippen LogP contribution in [0.5, 0.6) is 0 Å². The van der Waals surface area contributed by atoms with E-state index < -0.39 is 0 Å². The van der Waals surface area contributed by atoms with E-state index in [1.807, 2.05) is 6.92 Å². The minimum absolute atomic E-state index is 0.0644. The first-order valence-corrected chi connectivity index (χ1v) is 7.20. The highest BCUT2D eigenvalue weighted by Gasteiger charge is 2.56. The van der Waals surface area contributed by atoms with Gasteiger partial charge in [0, 0.05) is 24.1 Å². The molecule has 3 atom stereocenters. The number of nitrogens with zero attached hydrogens (tertiary/aromatic N) is 1. The van der Waals surface area contributed by atoms with E-state index >= 15 is 0 Å². The molecule has 0 saturated heterocycles. The van der Waals surface area contributed by atoms with Gasteiger partial charge in [0.1, 0.15) is 0 Å². The lowest BCUT2D eigenvalue weighted by Gasteiger charge is -2.59. The van der Waals surface area contributed by atoms with E-state index in [1.165, 1.54) is 12.1 Å². The van der Waals surface area contributed by atoms with E-state index in [-0.39, 0.29) is 5.97 Å². The van der Waals surface area contributed by atoms with Crippen LogP contribution in [0.15, 0.2) is 4.99 Å². The van der Waals surface area contributed by atoms with Crippen molar-refractivity contribution in [2.45, 2.75) is 47.0 Å². The van der Waals surface area contributed by atoms with E-state index in [0.717, 1.165) is 18.9 Å². The minimum Gasteiger partial charge on any atom is -0.466 e. The van der Waals surface area contributed by atoms with Crippen LogP contribution in [0, 0.1) is 23.2 Å². The fraction of sp³-hybridized carbons (Fsp3) is 0.867. The van der Waals surface area contributed by atoms with Crippen LogP contribution in [0.4, 0.5) is 0 Å². The Hall–Kier alpha value is -0.860. The Morgan fingerprint density at radius 2 is 2.11 bits per heavy atom. The number of aliphatic imine (C=N–C) groups is 1. The summed E-state index contributed by atoms with van der Waals surface area (Å²) < 4.78 is 5.08. The predicted octanol–water partition coefficient (Wildman–Crippen LogP) is 3.08. The molecule has 0 amide bonds. The molecule has 0 aromatic rings. The first-order valence-electron chi connectivity index (χ1n) is 7.20. The number of carbonyl (C=O) groups is 1. The number of carbonyl (C=O) groups excluding carboxylic acids is 1. The minimum atomic E-state index is -0.0644. The second-order valence-electron chi connectivity index (χ2n) is 6.15. The van der Waals surface area contributed by atoms with Gasteiger partial charge in [-0.25, -0.2) is 0 Å². The fourth-order valence-corrected chi connectivity index (χ4v) is 3.70. The maximum absolute atomic E-state index is 11.7. The molecule has 3 fully saturated rings. The second-order valence-corrected chi connectivity index (χ2v) is 6.15. The van der Waals surface area contributed by atoms with Crippen molar-refractivity contribution >= 4 is 11.7 Å². The molecule has 3 aliphatic rings. The lowest BCUT2D eigenvalue weighted by atomic mass is 9.45. The summed E-state index contributed by atoms with van der Waals surface area (Å²) in [5.74, 6) is 1.62. The van der Waals surface area contributed by atoms with Crippen molar-refractivity contribution in [1.82, 2.24) is 0 Å². The van der Waals surface area contributed by atoms with Crippen molar-refractivity contribution in [3.8, 4) is 0 Å². The van der Waals surface area contributed by atoms with Crippen LogP contribution in [-0.4, -0.2) is 24.8 Å². The molecule has 3 heteroatoms. The van der Waals surface area contributed by atoms with Gasteiger partial charge in [0.2, 0.25) is 0 Å². The molecule has 102 valence electrons. The Kier molecular flexibility index (Phi) is 3.79. The number of hydrogen-bond acceptors (Lipinski definition) is 3. The molecule has 2 bridgehead atoms. The SMILES string of the molecule is CCN=C1[C@@H](CC(=O)OCC)C[C@H]2C[C@@H]1C2(C)C. The summed E-state index contributed by atoms with van der Waals surface area (Å²) in [6, 6.07) is 0. The van der Waals surface area contributed by atoms with Crippen LogP contribution in [0.25, 0.3) is 0 Å². The lowest BCUT2D eigenvalue weighted by Crippen LogP contribution is -2.56. The molecule has 3 rings (SSSR count). The number of fused-ring (bicyclic) bond motifs is 2. The zero-order valence-electron chi connectivity index (χ0n) is 12.0. The third-order valence-electron chi connectivity index (χ3n) is 4.87. The van der Waals surface area contributed by atoms with Gasteiger partial charge in [-0.2, -0.15) is 0 Å². The molecule has 3 aliphatic carbocycles. The van der Waals surface area contributed by atoms with Gasteiger partial charge >= 0.3 is 5.97 Å². The summed E-state index contributed by atoms with van der Waals surface area (Å²) >= 11 is 0. The molecule has 3 nitrogen and oxygen atoms in total. The van der Waals surface area contributed by atoms with E-state index in [0.29, 0.717) is 30.3 Å². The fourth-order valence-electron chi connectivity index (χ4n) is 3.70. The van der Waals surface area contributed by atoms with Crippen molar-refractivity contribution in [2.75, 3.05) is 13.2 Å². The van der Waals surface area contributed by atoms with Crippen molar-refractivity contribution in [1.29, 1.82) is 0 Å². The van der Waals surface area contributed by atoms with Gasteiger partial charge in [-0.3, -0.25) is 9.79 Å². The van der Waals surface area contributed by atoms with Crippen LogP contribution < -0.4 is 0 Å². The maximum Gasteiger partial charge on any atom is 0.306 e. The van der Waals surface area contributed by atoms with Gasteiger partial charge in [0.15, 0.2) is 0 Å². The van der Waals surface area contributed by atoms with Crippen LogP contribution in [0.3, 0.4) is 0 Å². The molecule has 18 heavy (non-hydrogen) atoms. The topological polar surface area (TPSA) is 38.7 Å². The standard InChI is InChI=1S/C15H25NO2/c1-5-16-14-10(8-13(17)18-6-2)7-11-9-12(14)15(11,3)4/h10-12H,5-9H2,1-4H3/t10-,11+,12+/m1/s1. The summed E-state index contributed by atoms with van der Waals surface area (Å²) in [6.07, 6.45) is 2.90. The van der Waals surface area contributed by atoms with Gasteiger partial charge < -0.3 is 4.74 Å². The Morgan fingerprint density at radius 3 is 2.67 bits per heavy atom. The maximum atomic E-state index is 11.7. The third kappa shape index (κ3) is 2.19. The summed E-state index contributed by atoms with van der Waals surface area (Å²) in [6.45, 7) is 9.93.